The Bertz CT molecular complexity index is 543. The first kappa shape index (κ1) is 20.2. The second-order valence-corrected chi connectivity index (χ2v) is 8.69. The second-order valence-electron chi connectivity index (χ2n) is 8.69. The number of carbonyl (C=O) groups excluding carboxylic acids is 1. The second kappa shape index (κ2) is 7.63. The first-order valence-electron chi connectivity index (χ1n) is 9.44. The Labute approximate surface area is 152 Å². The highest BCUT2D eigenvalue weighted by atomic mass is 16.5. The van der Waals surface area contributed by atoms with E-state index in [9.17, 15) is 15.0 Å². The van der Waals surface area contributed by atoms with Crippen molar-refractivity contribution >= 4 is 5.97 Å². The summed E-state index contributed by atoms with van der Waals surface area (Å²) in [5.41, 5.74) is 1.58. The SMILES string of the molecule is C=C1CCC(O)C(C(=O)OC)C/C=C2\[C@H](C(C)(C)O)CC[C@@]2(C)CC1. The lowest BCUT2D eigenvalue weighted by Gasteiger charge is -2.33. The summed E-state index contributed by atoms with van der Waals surface area (Å²) >= 11 is 0. The molecule has 0 heterocycles. The molecule has 4 nitrogen and oxygen atoms in total. The summed E-state index contributed by atoms with van der Waals surface area (Å²) in [5, 5.41) is 21.2. The molecule has 25 heavy (non-hydrogen) atoms. The molecule has 2 aliphatic rings. The molecule has 0 spiro atoms. The number of esters is 1. The zero-order valence-corrected chi connectivity index (χ0v) is 16.2. The maximum atomic E-state index is 12.2. The normalized spacial score (nSPS) is 36.8. The number of methoxy groups -OCH3 is 1. The molecule has 4 atom stereocenters. The van der Waals surface area contributed by atoms with Crippen LogP contribution in [0.4, 0.5) is 0 Å². The first-order chi connectivity index (χ1) is 11.6. The van der Waals surface area contributed by atoms with Gasteiger partial charge in [0.05, 0.1) is 24.7 Å². The molecule has 0 aliphatic heterocycles. The van der Waals surface area contributed by atoms with Crippen LogP contribution in [-0.4, -0.2) is 35.0 Å². The van der Waals surface area contributed by atoms with Gasteiger partial charge in [-0.15, -0.1) is 0 Å². The fourth-order valence-corrected chi connectivity index (χ4v) is 4.52. The van der Waals surface area contributed by atoms with Crippen LogP contribution in [0.3, 0.4) is 0 Å². The summed E-state index contributed by atoms with van der Waals surface area (Å²) in [7, 11) is 1.37. The van der Waals surface area contributed by atoms with E-state index in [2.05, 4.69) is 19.6 Å². The minimum atomic E-state index is -0.792. The van der Waals surface area contributed by atoms with E-state index in [1.165, 1.54) is 12.7 Å². The average molecular weight is 350 g/mol. The van der Waals surface area contributed by atoms with E-state index in [1.807, 2.05) is 13.8 Å². The monoisotopic (exact) mass is 350 g/mol. The van der Waals surface area contributed by atoms with Crippen LogP contribution < -0.4 is 0 Å². The summed E-state index contributed by atoms with van der Waals surface area (Å²) in [6, 6.07) is 0. The minimum Gasteiger partial charge on any atom is -0.469 e. The fraction of sp³-hybridized carbons (Fsp3) is 0.762. The highest BCUT2D eigenvalue weighted by Crippen LogP contribution is 2.53. The third kappa shape index (κ3) is 4.53. The van der Waals surface area contributed by atoms with Crippen molar-refractivity contribution in [3.05, 3.63) is 23.8 Å². The van der Waals surface area contributed by atoms with Gasteiger partial charge in [-0.2, -0.15) is 0 Å². The van der Waals surface area contributed by atoms with Crippen molar-refractivity contribution in [2.75, 3.05) is 7.11 Å². The lowest BCUT2D eigenvalue weighted by molar-refractivity contribution is -0.149. The Balaban J connectivity index is 2.40. The van der Waals surface area contributed by atoms with E-state index >= 15 is 0 Å². The van der Waals surface area contributed by atoms with E-state index < -0.39 is 17.6 Å². The summed E-state index contributed by atoms with van der Waals surface area (Å²) < 4.78 is 4.92. The third-order valence-electron chi connectivity index (χ3n) is 6.29. The van der Waals surface area contributed by atoms with E-state index in [4.69, 9.17) is 4.74 Å². The van der Waals surface area contributed by atoms with Gasteiger partial charge in [0.15, 0.2) is 0 Å². The number of hydrogen-bond acceptors (Lipinski definition) is 4. The predicted molar refractivity (Wildman–Crippen MR) is 98.9 cm³/mol. The molecule has 1 saturated carbocycles. The van der Waals surface area contributed by atoms with Crippen LogP contribution in [0.1, 0.15) is 65.7 Å². The van der Waals surface area contributed by atoms with E-state index in [-0.39, 0.29) is 17.3 Å². The molecule has 2 aliphatic carbocycles. The summed E-state index contributed by atoms with van der Waals surface area (Å²) in [6.07, 6.45) is 7.00. The summed E-state index contributed by atoms with van der Waals surface area (Å²) in [4.78, 5) is 12.2. The summed E-state index contributed by atoms with van der Waals surface area (Å²) in [5.74, 6) is -0.841. The maximum Gasteiger partial charge on any atom is 0.311 e. The van der Waals surface area contributed by atoms with Gasteiger partial charge in [0.25, 0.3) is 0 Å². The minimum absolute atomic E-state index is 0.0174. The highest BCUT2D eigenvalue weighted by molar-refractivity contribution is 5.73. The number of carbonyl (C=O) groups is 1. The van der Waals surface area contributed by atoms with Gasteiger partial charge in [-0.3, -0.25) is 4.79 Å². The molecule has 2 N–H and O–H groups in total. The van der Waals surface area contributed by atoms with Crippen molar-refractivity contribution in [2.24, 2.45) is 17.3 Å². The lowest BCUT2D eigenvalue weighted by Crippen LogP contribution is -2.32. The number of fused-ring (bicyclic) bond motifs is 1. The van der Waals surface area contributed by atoms with Gasteiger partial charge in [0, 0.05) is 5.92 Å². The lowest BCUT2D eigenvalue weighted by atomic mass is 9.74. The molecule has 0 amide bonds. The third-order valence-corrected chi connectivity index (χ3v) is 6.29. The molecule has 0 bridgehead atoms. The molecule has 4 heteroatoms. The Morgan fingerprint density at radius 1 is 1.32 bits per heavy atom. The largest absolute Gasteiger partial charge is 0.469 e. The molecule has 0 aromatic heterocycles. The Morgan fingerprint density at radius 2 is 2.00 bits per heavy atom. The zero-order chi connectivity index (χ0) is 18.8. The van der Waals surface area contributed by atoms with E-state index in [0.29, 0.717) is 12.8 Å². The smallest absolute Gasteiger partial charge is 0.311 e. The van der Waals surface area contributed by atoms with Gasteiger partial charge >= 0.3 is 5.97 Å². The van der Waals surface area contributed by atoms with Crippen LogP contribution in [0.25, 0.3) is 0 Å². The number of hydrogen-bond donors (Lipinski definition) is 2. The molecule has 2 rings (SSSR count). The Kier molecular flexibility index (Phi) is 6.16. The zero-order valence-electron chi connectivity index (χ0n) is 16.2. The molecule has 1 fully saturated rings. The molecule has 142 valence electrons. The predicted octanol–water partition coefficient (Wildman–Crippen LogP) is 3.77. The van der Waals surface area contributed by atoms with Crippen molar-refractivity contribution in [3.8, 4) is 0 Å². The molecule has 2 unspecified atom stereocenters. The van der Waals surface area contributed by atoms with Crippen molar-refractivity contribution in [1.82, 2.24) is 0 Å². The quantitative estimate of drug-likeness (QED) is 0.588. The molecule has 0 saturated heterocycles. The number of ether oxygens (including phenoxy) is 1. The van der Waals surface area contributed by atoms with Gasteiger partial charge in [0.2, 0.25) is 0 Å². The summed E-state index contributed by atoms with van der Waals surface area (Å²) in [6.45, 7) is 10.1. The van der Waals surface area contributed by atoms with Gasteiger partial charge < -0.3 is 14.9 Å². The molecular formula is C21H34O4. The van der Waals surface area contributed by atoms with Crippen molar-refractivity contribution in [2.45, 2.75) is 77.4 Å². The van der Waals surface area contributed by atoms with Crippen molar-refractivity contribution < 1.29 is 19.7 Å². The number of aliphatic hydroxyl groups excluding tert-OH is 1. The average Bonchev–Trinajstić information content (AvgIpc) is 2.87. The molecule has 0 radical (unpaired) electrons. The Hall–Kier alpha value is -1.13. The van der Waals surface area contributed by atoms with Crippen LogP contribution in [0, 0.1) is 17.3 Å². The molecule has 0 aromatic rings. The fourth-order valence-electron chi connectivity index (χ4n) is 4.52. The number of allylic oxidation sites excluding steroid dienone is 2. The van der Waals surface area contributed by atoms with E-state index in [1.54, 1.807) is 0 Å². The molecule has 0 aromatic carbocycles. The number of aliphatic hydroxyl groups is 2. The number of rotatable bonds is 2. The highest BCUT2D eigenvalue weighted by Gasteiger charge is 2.45. The van der Waals surface area contributed by atoms with Gasteiger partial charge in [0.1, 0.15) is 0 Å². The van der Waals surface area contributed by atoms with E-state index in [0.717, 1.165) is 37.7 Å². The van der Waals surface area contributed by atoms with Gasteiger partial charge in [-0.25, -0.2) is 0 Å². The van der Waals surface area contributed by atoms with Gasteiger partial charge in [-0.05, 0) is 64.2 Å². The van der Waals surface area contributed by atoms with Crippen LogP contribution in [0.15, 0.2) is 23.8 Å². The van der Waals surface area contributed by atoms with Crippen molar-refractivity contribution in [3.63, 3.8) is 0 Å². The first-order valence-corrected chi connectivity index (χ1v) is 9.44. The topological polar surface area (TPSA) is 66.8 Å². The van der Waals surface area contributed by atoms with Crippen molar-refractivity contribution in [1.29, 1.82) is 0 Å². The maximum absolute atomic E-state index is 12.2. The standard InChI is InChI=1S/C21H34O4/c1-14-6-9-18(22)15(19(23)25-5)7-8-17-16(20(2,3)24)11-13-21(17,4)12-10-14/h8,15-16,18,22,24H,1,6-7,9-13H2,2-5H3/b17-8+/t15?,16-,18?,21-/m1/s1. The van der Waals surface area contributed by atoms with Crippen LogP contribution in [-0.2, 0) is 9.53 Å². The van der Waals surface area contributed by atoms with Gasteiger partial charge in [-0.1, -0.05) is 30.7 Å². The Morgan fingerprint density at radius 3 is 2.60 bits per heavy atom. The molecular weight excluding hydrogens is 316 g/mol. The van der Waals surface area contributed by atoms with Crippen LogP contribution in [0.5, 0.6) is 0 Å². The van der Waals surface area contributed by atoms with Crippen LogP contribution >= 0.6 is 0 Å². The van der Waals surface area contributed by atoms with Crippen LogP contribution in [0.2, 0.25) is 0 Å².